The lowest BCUT2D eigenvalue weighted by Crippen LogP contribution is -2.42. The molecule has 0 bridgehead atoms. The van der Waals surface area contributed by atoms with Gasteiger partial charge in [-0.2, -0.15) is 0 Å². The molecule has 2 fully saturated rings. The minimum absolute atomic E-state index is 0.00669. The summed E-state index contributed by atoms with van der Waals surface area (Å²) >= 11 is 0. The zero-order chi connectivity index (χ0) is 12.3. The number of hydrogen-bond acceptors (Lipinski definition) is 3. The zero-order valence-electron chi connectivity index (χ0n) is 10.5. The van der Waals surface area contributed by atoms with Crippen molar-refractivity contribution >= 4 is 5.91 Å². The van der Waals surface area contributed by atoms with E-state index in [4.69, 9.17) is 4.74 Å². The third kappa shape index (κ3) is 3.19. The second-order valence-electron chi connectivity index (χ2n) is 5.41. The van der Waals surface area contributed by atoms with Crippen LogP contribution in [0.1, 0.15) is 39.0 Å². The van der Waals surface area contributed by atoms with Crippen LogP contribution in [-0.4, -0.2) is 36.4 Å². The molecule has 1 amide bonds. The third-order valence-corrected chi connectivity index (χ3v) is 4.05. The Morgan fingerprint density at radius 3 is 2.76 bits per heavy atom. The summed E-state index contributed by atoms with van der Waals surface area (Å²) in [6, 6.07) is 0. The summed E-state index contributed by atoms with van der Waals surface area (Å²) in [6.45, 7) is 3.32. The molecule has 4 nitrogen and oxygen atoms in total. The van der Waals surface area contributed by atoms with Crippen LogP contribution in [0.2, 0.25) is 0 Å². The van der Waals surface area contributed by atoms with Gasteiger partial charge in [0.05, 0.1) is 6.10 Å². The third-order valence-electron chi connectivity index (χ3n) is 4.05. The van der Waals surface area contributed by atoms with E-state index in [1.165, 1.54) is 0 Å². The van der Waals surface area contributed by atoms with Crippen molar-refractivity contribution in [2.24, 2.45) is 11.8 Å². The molecule has 0 aromatic heterocycles. The average Bonchev–Trinajstić information content (AvgIpc) is 2.74. The van der Waals surface area contributed by atoms with E-state index in [0.717, 1.165) is 32.1 Å². The molecule has 0 aromatic carbocycles. The van der Waals surface area contributed by atoms with Gasteiger partial charge in [-0.15, -0.1) is 0 Å². The van der Waals surface area contributed by atoms with Crippen molar-refractivity contribution in [2.75, 3.05) is 13.2 Å². The maximum absolute atomic E-state index is 11.9. The monoisotopic (exact) mass is 241 g/mol. The number of carbonyl (C=O) groups excluding carboxylic acids is 1. The number of hydrogen-bond donors (Lipinski definition) is 2. The first-order chi connectivity index (χ1) is 8.18. The number of aliphatic hydroxyl groups excluding tert-OH is 1. The van der Waals surface area contributed by atoms with Gasteiger partial charge in [-0.05, 0) is 25.2 Å². The molecule has 0 spiro atoms. The Bertz CT molecular complexity index is 269. The maximum atomic E-state index is 11.9. The Morgan fingerprint density at radius 1 is 1.35 bits per heavy atom. The molecule has 98 valence electrons. The summed E-state index contributed by atoms with van der Waals surface area (Å²) < 4.78 is 5.42. The van der Waals surface area contributed by atoms with E-state index in [2.05, 4.69) is 5.32 Å². The SMILES string of the molecule is CC1CCOC1C(=O)NCC1CCCCC1O. The topological polar surface area (TPSA) is 58.6 Å². The molecule has 4 atom stereocenters. The fourth-order valence-corrected chi connectivity index (χ4v) is 2.79. The summed E-state index contributed by atoms with van der Waals surface area (Å²) in [6.07, 6.45) is 4.59. The van der Waals surface area contributed by atoms with Crippen molar-refractivity contribution in [2.45, 2.75) is 51.2 Å². The second-order valence-corrected chi connectivity index (χ2v) is 5.41. The zero-order valence-corrected chi connectivity index (χ0v) is 10.5. The predicted octanol–water partition coefficient (Wildman–Crippen LogP) is 1.08. The number of rotatable bonds is 3. The first kappa shape index (κ1) is 12.8. The fraction of sp³-hybridized carbons (Fsp3) is 0.923. The molecule has 2 N–H and O–H groups in total. The molecule has 1 aliphatic carbocycles. The predicted molar refractivity (Wildman–Crippen MR) is 64.5 cm³/mol. The number of amides is 1. The smallest absolute Gasteiger partial charge is 0.249 e. The van der Waals surface area contributed by atoms with Gasteiger partial charge >= 0.3 is 0 Å². The van der Waals surface area contributed by atoms with Crippen molar-refractivity contribution in [1.82, 2.24) is 5.32 Å². The number of ether oxygens (including phenoxy) is 1. The normalized spacial score (nSPS) is 38.0. The van der Waals surface area contributed by atoms with Gasteiger partial charge in [-0.3, -0.25) is 4.79 Å². The first-order valence-corrected chi connectivity index (χ1v) is 6.76. The Morgan fingerprint density at radius 2 is 2.12 bits per heavy atom. The van der Waals surface area contributed by atoms with Crippen LogP contribution in [0, 0.1) is 11.8 Å². The van der Waals surface area contributed by atoms with Gasteiger partial charge in [-0.1, -0.05) is 19.8 Å². The molecule has 1 saturated carbocycles. The number of carbonyl (C=O) groups is 1. The van der Waals surface area contributed by atoms with E-state index in [0.29, 0.717) is 19.1 Å². The number of aliphatic hydroxyl groups is 1. The first-order valence-electron chi connectivity index (χ1n) is 6.76. The molecule has 17 heavy (non-hydrogen) atoms. The van der Waals surface area contributed by atoms with Gasteiger partial charge in [0, 0.05) is 19.1 Å². The van der Waals surface area contributed by atoms with Crippen molar-refractivity contribution in [3.05, 3.63) is 0 Å². The van der Waals surface area contributed by atoms with Gasteiger partial charge in [0.2, 0.25) is 5.91 Å². The highest BCUT2D eigenvalue weighted by atomic mass is 16.5. The van der Waals surface area contributed by atoms with E-state index in [1.807, 2.05) is 6.92 Å². The fourth-order valence-electron chi connectivity index (χ4n) is 2.79. The highest BCUT2D eigenvalue weighted by Gasteiger charge is 2.31. The molecule has 1 saturated heterocycles. The summed E-state index contributed by atoms with van der Waals surface area (Å²) in [7, 11) is 0. The highest BCUT2D eigenvalue weighted by Crippen LogP contribution is 2.24. The van der Waals surface area contributed by atoms with E-state index in [1.54, 1.807) is 0 Å². The van der Waals surface area contributed by atoms with Gasteiger partial charge < -0.3 is 15.2 Å². The van der Waals surface area contributed by atoms with Gasteiger partial charge in [0.25, 0.3) is 0 Å². The van der Waals surface area contributed by atoms with Crippen LogP contribution < -0.4 is 5.32 Å². The van der Waals surface area contributed by atoms with Gasteiger partial charge in [-0.25, -0.2) is 0 Å². The van der Waals surface area contributed by atoms with Crippen LogP contribution >= 0.6 is 0 Å². The molecule has 0 radical (unpaired) electrons. The van der Waals surface area contributed by atoms with Crippen LogP contribution in [-0.2, 0) is 9.53 Å². The van der Waals surface area contributed by atoms with E-state index < -0.39 is 0 Å². The standard InChI is InChI=1S/C13H23NO3/c1-9-6-7-17-12(9)13(16)14-8-10-4-2-3-5-11(10)15/h9-12,15H,2-8H2,1H3,(H,14,16). The molecule has 4 unspecified atom stereocenters. The summed E-state index contributed by atoms with van der Waals surface area (Å²) in [5, 5.41) is 12.7. The van der Waals surface area contributed by atoms with Crippen molar-refractivity contribution < 1.29 is 14.6 Å². The molecule has 2 rings (SSSR count). The molecule has 2 aliphatic rings. The molecule has 4 heteroatoms. The van der Waals surface area contributed by atoms with Gasteiger partial charge in [0.1, 0.15) is 6.10 Å². The summed E-state index contributed by atoms with van der Waals surface area (Å²) in [5.41, 5.74) is 0. The van der Waals surface area contributed by atoms with Crippen LogP contribution in [0.4, 0.5) is 0 Å². The van der Waals surface area contributed by atoms with E-state index in [9.17, 15) is 9.90 Å². The summed E-state index contributed by atoms with van der Waals surface area (Å²) in [5.74, 6) is 0.531. The van der Waals surface area contributed by atoms with Gasteiger partial charge in [0.15, 0.2) is 0 Å². The molecule has 1 heterocycles. The minimum atomic E-state index is -0.282. The highest BCUT2D eigenvalue weighted by molar-refractivity contribution is 5.81. The Hall–Kier alpha value is -0.610. The van der Waals surface area contributed by atoms with E-state index >= 15 is 0 Å². The molecule has 0 aromatic rings. The molecular weight excluding hydrogens is 218 g/mol. The maximum Gasteiger partial charge on any atom is 0.249 e. The van der Waals surface area contributed by atoms with Crippen LogP contribution in [0.25, 0.3) is 0 Å². The van der Waals surface area contributed by atoms with Crippen LogP contribution in [0.3, 0.4) is 0 Å². The summed E-state index contributed by atoms with van der Waals surface area (Å²) in [4.78, 5) is 11.9. The van der Waals surface area contributed by atoms with Crippen LogP contribution in [0.15, 0.2) is 0 Å². The van der Waals surface area contributed by atoms with E-state index in [-0.39, 0.29) is 24.0 Å². The average molecular weight is 241 g/mol. The Labute approximate surface area is 103 Å². The lowest BCUT2D eigenvalue weighted by Gasteiger charge is -2.28. The Kier molecular flexibility index (Phi) is 4.40. The lowest BCUT2D eigenvalue weighted by atomic mass is 9.86. The van der Waals surface area contributed by atoms with Crippen LogP contribution in [0.5, 0.6) is 0 Å². The second kappa shape index (κ2) is 5.83. The largest absolute Gasteiger partial charge is 0.393 e. The molecular formula is C13H23NO3. The number of nitrogens with one attached hydrogen (secondary N) is 1. The molecule has 1 aliphatic heterocycles. The lowest BCUT2D eigenvalue weighted by molar-refractivity contribution is -0.131. The van der Waals surface area contributed by atoms with Crippen molar-refractivity contribution in [1.29, 1.82) is 0 Å². The van der Waals surface area contributed by atoms with Crippen molar-refractivity contribution in [3.63, 3.8) is 0 Å². The van der Waals surface area contributed by atoms with Crippen molar-refractivity contribution in [3.8, 4) is 0 Å². The Balaban J connectivity index is 1.75. The quantitative estimate of drug-likeness (QED) is 0.777. The minimum Gasteiger partial charge on any atom is -0.393 e.